The first-order chi connectivity index (χ1) is 12.8. The average Bonchev–Trinajstić information content (AvgIpc) is 3.03. The van der Waals surface area contributed by atoms with Gasteiger partial charge in [-0.1, -0.05) is 25.1 Å². The van der Waals surface area contributed by atoms with Crippen molar-refractivity contribution in [3.63, 3.8) is 0 Å². The molecule has 2 aromatic rings. The van der Waals surface area contributed by atoms with Crippen LogP contribution >= 0.6 is 0 Å². The largest absolute Gasteiger partial charge is 0.496 e. The molecule has 2 aliphatic rings. The molecule has 1 aliphatic heterocycles. The van der Waals surface area contributed by atoms with Crippen molar-refractivity contribution in [2.75, 3.05) is 12.4 Å². The van der Waals surface area contributed by atoms with Crippen LogP contribution in [0.15, 0.2) is 35.5 Å². The molecule has 0 bridgehead atoms. The molecule has 2 heterocycles. The van der Waals surface area contributed by atoms with Gasteiger partial charge in [-0.2, -0.15) is 18.2 Å². The Bertz CT molecular complexity index is 948. The maximum atomic E-state index is 13.2. The van der Waals surface area contributed by atoms with Gasteiger partial charge >= 0.3 is 6.18 Å². The summed E-state index contributed by atoms with van der Waals surface area (Å²) < 4.78 is 46.1. The normalized spacial score (nSPS) is 22.2. The van der Waals surface area contributed by atoms with Crippen molar-refractivity contribution < 1.29 is 22.7 Å². The monoisotopic (exact) mass is 378 g/mol. The number of rotatable bonds is 2. The zero-order valence-electron chi connectivity index (χ0n) is 14.7. The van der Waals surface area contributed by atoms with E-state index in [1.165, 1.54) is 7.11 Å². The lowest BCUT2D eigenvalue weighted by Crippen LogP contribution is -2.33. The number of hydrogen-bond donors (Lipinski definition) is 1. The van der Waals surface area contributed by atoms with Crippen LogP contribution in [0.5, 0.6) is 5.75 Å². The molecule has 4 rings (SSSR count). The Morgan fingerprint density at radius 3 is 2.70 bits per heavy atom. The number of methoxy groups -OCH3 is 1. The van der Waals surface area contributed by atoms with Gasteiger partial charge in [0.05, 0.1) is 7.11 Å². The Labute approximate surface area is 153 Å². The number of allylic oxidation sites excluding steroid dienone is 2. The number of ether oxygens (including phenoxy) is 1. The van der Waals surface area contributed by atoms with Crippen molar-refractivity contribution >= 4 is 11.7 Å². The molecule has 0 saturated carbocycles. The summed E-state index contributed by atoms with van der Waals surface area (Å²) in [6, 6.07) is 6.11. The third-order valence-corrected chi connectivity index (χ3v) is 4.81. The van der Waals surface area contributed by atoms with E-state index in [1.54, 1.807) is 24.3 Å². The molecule has 0 spiro atoms. The lowest BCUT2D eigenvalue weighted by atomic mass is 9.81. The molecule has 9 heteroatoms. The fourth-order valence-electron chi connectivity index (χ4n) is 3.71. The highest BCUT2D eigenvalue weighted by atomic mass is 19.4. The van der Waals surface area contributed by atoms with Gasteiger partial charge in [0.2, 0.25) is 5.95 Å². The number of para-hydroxylation sites is 1. The molecule has 0 unspecified atom stereocenters. The van der Waals surface area contributed by atoms with Crippen molar-refractivity contribution in [2.24, 2.45) is 5.92 Å². The van der Waals surface area contributed by atoms with Gasteiger partial charge in [0, 0.05) is 23.3 Å². The van der Waals surface area contributed by atoms with E-state index < -0.39 is 18.0 Å². The highest BCUT2D eigenvalue weighted by molar-refractivity contribution is 5.99. The number of Topliss-reactive ketones (excluding diaryl/α,β-unsaturated/α-hetero) is 1. The summed E-state index contributed by atoms with van der Waals surface area (Å²) in [6.07, 6.45) is -3.79. The van der Waals surface area contributed by atoms with Crippen LogP contribution in [0.4, 0.5) is 19.1 Å². The van der Waals surface area contributed by atoms with E-state index >= 15 is 0 Å². The Morgan fingerprint density at radius 1 is 1.26 bits per heavy atom. The van der Waals surface area contributed by atoms with E-state index in [2.05, 4.69) is 15.4 Å². The Balaban J connectivity index is 1.95. The van der Waals surface area contributed by atoms with Gasteiger partial charge in [0.25, 0.3) is 5.82 Å². The van der Waals surface area contributed by atoms with Gasteiger partial charge in [0.15, 0.2) is 5.78 Å². The lowest BCUT2D eigenvalue weighted by molar-refractivity contribution is -0.145. The van der Waals surface area contributed by atoms with E-state index in [1.807, 2.05) is 6.92 Å². The molecular formula is C18H17F3N4O2. The first-order valence-corrected chi connectivity index (χ1v) is 8.49. The minimum Gasteiger partial charge on any atom is -0.496 e. The zero-order valence-corrected chi connectivity index (χ0v) is 14.7. The summed E-state index contributed by atoms with van der Waals surface area (Å²) in [7, 11) is 1.48. The van der Waals surface area contributed by atoms with Crippen molar-refractivity contribution in [1.29, 1.82) is 0 Å². The highest BCUT2D eigenvalue weighted by Crippen LogP contribution is 2.44. The molecule has 0 fully saturated rings. The van der Waals surface area contributed by atoms with Crippen LogP contribution in [-0.4, -0.2) is 27.7 Å². The summed E-state index contributed by atoms with van der Waals surface area (Å²) in [5.41, 5.74) is 1.59. The maximum Gasteiger partial charge on any atom is 0.453 e. The number of nitrogens with one attached hydrogen (secondary N) is 1. The molecule has 0 saturated heterocycles. The van der Waals surface area contributed by atoms with Crippen LogP contribution in [-0.2, 0) is 11.0 Å². The summed E-state index contributed by atoms with van der Waals surface area (Å²) in [6.45, 7) is 1.93. The number of alkyl halides is 3. The number of anilines is 1. The van der Waals surface area contributed by atoms with E-state index in [-0.39, 0.29) is 17.6 Å². The van der Waals surface area contributed by atoms with E-state index in [9.17, 15) is 18.0 Å². The number of benzene rings is 1. The highest BCUT2D eigenvalue weighted by Gasteiger charge is 2.43. The molecule has 1 aromatic heterocycles. The van der Waals surface area contributed by atoms with Crippen molar-refractivity contribution in [2.45, 2.75) is 32.0 Å². The molecule has 27 heavy (non-hydrogen) atoms. The van der Waals surface area contributed by atoms with Gasteiger partial charge < -0.3 is 10.1 Å². The standard InChI is InChI=1S/C18H17F3N4O2/c1-9-7-11-14(12(26)8-9)15(10-5-3-4-6-13(10)27-2)25-17(22-11)23-16(24-25)18(19,20)21/h3-6,9,15H,7-8H2,1-2H3,(H,22,23,24)/t9-,15+/m0/s1. The molecule has 0 radical (unpaired) electrons. The second-order valence-electron chi connectivity index (χ2n) is 6.80. The quantitative estimate of drug-likeness (QED) is 0.865. The molecule has 1 N–H and O–H groups in total. The second kappa shape index (κ2) is 6.11. The minimum atomic E-state index is -4.69. The molecular weight excluding hydrogens is 361 g/mol. The van der Waals surface area contributed by atoms with Crippen LogP contribution in [0.3, 0.4) is 0 Å². The van der Waals surface area contributed by atoms with Gasteiger partial charge in [-0.3, -0.25) is 4.79 Å². The number of carbonyl (C=O) groups is 1. The molecule has 142 valence electrons. The predicted molar refractivity (Wildman–Crippen MR) is 90.2 cm³/mol. The number of carbonyl (C=O) groups excluding carboxylic acids is 1. The van der Waals surface area contributed by atoms with Gasteiger partial charge in [0.1, 0.15) is 11.8 Å². The summed E-state index contributed by atoms with van der Waals surface area (Å²) in [5, 5.41) is 6.57. The van der Waals surface area contributed by atoms with Gasteiger partial charge in [-0.25, -0.2) is 4.68 Å². The number of ketones is 1. The zero-order chi connectivity index (χ0) is 19.3. The number of hydrogen-bond acceptors (Lipinski definition) is 5. The number of aromatic nitrogens is 3. The first kappa shape index (κ1) is 17.6. The van der Waals surface area contributed by atoms with Crippen molar-refractivity contribution in [3.05, 3.63) is 46.9 Å². The summed E-state index contributed by atoms with van der Waals surface area (Å²) in [4.78, 5) is 16.4. The fraction of sp³-hybridized carbons (Fsp3) is 0.389. The van der Waals surface area contributed by atoms with Crippen LogP contribution in [0, 0.1) is 5.92 Å². The third-order valence-electron chi connectivity index (χ3n) is 4.81. The van der Waals surface area contributed by atoms with Crippen LogP contribution < -0.4 is 10.1 Å². The Kier molecular flexibility index (Phi) is 3.97. The predicted octanol–water partition coefficient (Wildman–Crippen LogP) is 3.57. The average molecular weight is 378 g/mol. The Hall–Kier alpha value is -2.84. The van der Waals surface area contributed by atoms with Crippen LogP contribution in [0.1, 0.15) is 37.2 Å². The van der Waals surface area contributed by atoms with Crippen molar-refractivity contribution in [1.82, 2.24) is 14.8 Å². The Morgan fingerprint density at radius 2 is 2.00 bits per heavy atom. The minimum absolute atomic E-state index is 0.0288. The second-order valence-corrected chi connectivity index (χ2v) is 6.80. The maximum absolute atomic E-state index is 13.2. The topological polar surface area (TPSA) is 69.0 Å². The molecule has 0 amide bonds. The number of nitrogens with zero attached hydrogens (tertiary/aromatic N) is 3. The van der Waals surface area contributed by atoms with E-state index in [0.29, 0.717) is 35.4 Å². The van der Waals surface area contributed by atoms with Crippen LogP contribution in [0.2, 0.25) is 0 Å². The van der Waals surface area contributed by atoms with Crippen molar-refractivity contribution in [3.8, 4) is 5.75 Å². The molecule has 1 aromatic carbocycles. The van der Waals surface area contributed by atoms with Gasteiger partial charge in [-0.15, -0.1) is 5.10 Å². The lowest BCUT2D eigenvalue weighted by Gasteiger charge is -2.34. The fourth-order valence-corrected chi connectivity index (χ4v) is 3.71. The smallest absolute Gasteiger partial charge is 0.453 e. The number of halogens is 3. The molecule has 6 nitrogen and oxygen atoms in total. The number of fused-ring (bicyclic) bond motifs is 1. The molecule has 2 atom stereocenters. The van der Waals surface area contributed by atoms with Crippen LogP contribution in [0.25, 0.3) is 0 Å². The molecule has 1 aliphatic carbocycles. The summed E-state index contributed by atoms with van der Waals surface area (Å²) >= 11 is 0. The van der Waals surface area contributed by atoms with Gasteiger partial charge in [-0.05, 0) is 18.4 Å². The first-order valence-electron chi connectivity index (χ1n) is 8.49. The third kappa shape index (κ3) is 2.87. The summed E-state index contributed by atoms with van der Waals surface area (Å²) in [5.74, 6) is -0.817. The van der Waals surface area contributed by atoms with E-state index in [4.69, 9.17) is 4.74 Å². The van der Waals surface area contributed by atoms with E-state index in [0.717, 1.165) is 4.68 Å². The SMILES string of the molecule is COc1ccccc1[C@@H]1C2=C(C[C@H](C)CC2=O)Nc2nc(C(F)(F)F)nn21.